The van der Waals surface area contributed by atoms with E-state index in [-0.39, 0.29) is 18.5 Å². The van der Waals surface area contributed by atoms with Gasteiger partial charge in [0.2, 0.25) is 0 Å². The van der Waals surface area contributed by atoms with Crippen LogP contribution in [0, 0.1) is 0 Å². The van der Waals surface area contributed by atoms with Crippen LogP contribution in [0.15, 0.2) is 9.98 Å². The van der Waals surface area contributed by atoms with Crippen molar-refractivity contribution in [2.75, 3.05) is 11.9 Å². The van der Waals surface area contributed by atoms with Crippen LogP contribution in [0.5, 0.6) is 0 Å². The number of aromatic nitrogens is 1. The summed E-state index contributed by atoms with van der Waals surface area (Å²) in [5.74, 6) is -0.925. The van der Waals surface area contributed by atoms with E-state index in [1.807, 2.05) is 0 Å². The third kappa shape index (κ3) is 4.26. The van der Waals surface area contributed by atoms with Crippen molar-refractivity contribution in [3.8, 4) is 0 Å². The molecule has 0 aliphatic heterocycles. The van der Waals surface area contributed by atoms with Crippen LogP contribution in [0.4, 0.5) is 9.93 Å². The Labute approximate surface area is 117 Å². The number of amides is 2. The molecule has 1 atom stereocenters. The van der Waals surface area contributed by atoms with Crippen molar-refractivity contribution in [3.63, 3.8) is 0 Å². The molecule has 2 amide bonds. The molecule has 6 nitrogen and oxygen atoms in total. The van der Waals surface area contributed by atoms with Gasteiger partial charge in [0.25, 0.3) is 0 Å². The Hall–Kier alpha value is -1.15. The first-order chi connectivity index (χ1) is 8.43. The van der Waals surface area contributed by atoms with Crippen LogP contribution in [0.2, 0.25) is 0 Å². The van der Waals surface area contributed by atoms with E-state index in [4.69, 9.17) is 5.11 Å². The van der Waals surface area contributed by atoms with Crippen LogP contribution in [0.25, 0.3) is 0 Å². The summed E-state index contributed by atoms with van der Waals surface area (Å²) in [4.78, 5) is 28.0. The van der Waals surface area contributed by atoms with Crippen molar-refractivity contribution in [3.05, 3.63) is 9.98 Å². The van der Waals surface area contributed by atoms with Gasteiger partial charge >= 0.3 is 12.0 Å². The molecule has 1 unspecified atom stereocenters. The van der Waals surface area contributed by atoms with Crippen molar-refractivity contribution >= 4 is 44.4 Å². The summed E-state index contributed by atoms with van der Waals surface area (Å²) in [6.45, 7) is 3.94. The number of thiazole rings is 1. The molecule has 1 rings (SSSR count). The zero-order chi connectivity index (χ0) is 13.7. The molecule has 1 heterocycles. The smallest absolute Gasteiger partial charge is 0.323 e. The summed E-state index contributed by atoms with van der Waals surface area (Å²) >= 11 is 4.55. The van der Waals surface area contributed by atoms with Gasteiger partial charge in [-0.1, -0.05) is 11.3 Å². The Kier molecular flexibility index (Phi) is 5.54. The molecule has 0 aliphatic rings. The van der Waals surface area contributed by atoms with Crippen LogP contribution >= 0.6 is 27.3 Å². The number of carbonyl (C=O) groups is 2. The van der Waals surface area contributed by atoms with Crippen LogP contribution < -0.4 is 5.32 Å². The number of hydrogen-bond donors (Lipinski definition) is 2. The molecule has 0 saturated carbocycles. The fraction of sp³-hybridized carbons (Fsp3) is 0.500. The zero-order valence-electron chi connectivity index (χ0n) is 10.0. The minimum Gasteiger partial charge on any atom is -0.481 e. The van der Waals surface area contributed by atoms with Gasteiger partial charge < -0.3 is 10.0 Å². The number of carbonyl (C=O) groups excluding carboxylic acids is 1. The first-order valence-electron chi connectivity index (χ1n) is 5.34. The molecular weight excluding hydrogens is 322 g/mol. The molecule has 8 heteroatoms. The van der Waals surface area contributed by atoms with Crippen molar-refractivity contribution < 1.29 is 14.7 Å². The molecular formula is C10H14BrN3O3S. The molecule has 0 aromatic carbocycles. The van der Waals surface area contributed by atoms with Crippen LogP contribution in [0.3, 0.4) is 0 Å². The van der Waals surface area contributed by atoms with E-state index in [9.17, 15) is 9.59 Å². The van der Waals surface area contributed by atoms with Crippen LogP contribution in [-0.2, 0) is 4.79 Å². The molecule has 0 aliphatic carbocycles. The lowest BCUT2D eigenvalue weighted by molar-refractivity contribution is -0.137. The monoisotopic (exact) mass is 335 g/mol. The second-order valence-corrected chi connectivity index (χ2v) is 6.04. The molecule has 2 N–H and O–H groups in total. The molecule has 0 radical (unpaired) electrons. The van der Waals surface area contributed by atoms with Crippen LogP contribution in [-0.4, -0.2) is 39.6 Å². The standard InChI is InChI=1S/C10H14BrN3O3S/c1-3-14(6(2)4-8(15)16)10(17)13-9-12-5-7(11)18-9/h5-6H,3-4H2,1-2H3,(H,15,16)(H,12,13,17). The molecule has 18 heavy (non-hydrogen) atoms. The fourth-order valence-electron chi connectivity index (χ4n) is 1.49. The van der Waals surface area contributed by atoms with E-state index in [1.165, 1.54) is 16.2 Å². The summed E-state index contributed by atoms with van der Waals surface area (Å²) in [6.07, 6.45) is 1.51. The summed E-state index contributed by atoms with van der Waals surface area (Å²) in [5.41, 5.74) is 0. The fourth-order valence-corrected chi connectivity index (χ4v) is 2.59. The molecule has 0 saturated heterocycles. The Bertz CT molecular complexity index is 438. The maximum atomic E-state index is 11.9. The third-order valence-electron chi connectivity index (χ3n) is 2.29. The first-order valence-corrected chi connectivity index (χ1v) is 6.95. The molecule has 0 fully saturated rings. The number of aliphatic carboxylic acids is 1. The summed E-state index contributed by atoms with van der Waals surface area (Å²) in [5, 5.41) is 11.8. The van der Waals surface area contributed by atoms with Gasteiger partial charge in [-0.2, -0.15) is 0 Å². The molecule has 1 aromatic heterocycles. The largest absolute Gasteiger partial charge is 0.481 e. The van der Waals surface area contributed by atoms with Gasteiger partial charge in [-0.3, -0.25) is 10.1 Å². The highest BCUT2D eigenvalue weighted by Gasteiger charge is 2.21. The number of anilines is 1. The molecule has 0 spiro atoms. The number of halogens is 1. The minimum absolute atomic E-state index is 0.0805. The predicted octanol–water partition coefficient (Wildman–Crippen LogP) is 2.62. The van der Waals surface area contributed by atoms with Gasteiger partial charge in [0.1, 0.15) is 0 Å². The normalized spacial score (nSPS) is 11.9. The second kappa shape index (κ2) is 6.69. The average molecular weight is 336 g/mol. The van der Waals surface area contributed by atoms with E-state index in [1.54, 1.807) is 20.0 Å². The topological polar surface area (TPSA) is 82.5 Å². The van der Waals surface area contributed by atoms with Crippen molar-refractivity contribution in [2.24, 2.45) is 0 Å². The lowest BCUT2D eigenvalue weighted by Crippen LogP contribution is -2.42. The molecule has 0 bridgehead atoms. The number of carboxylic acids is 1. The number of nitrogens with one attached hydrogen (secondary N) is 1. The zero-order valence-corrected chi connectivity index (χ0v) is 12.4. The summed E-state index contributed by atoms with van der Waals surface area (Å²) in [7, 11) is 0. The van der Waals surface area contributed by atoms with Crippen molar-refractivity contribution in [1.82, 2.24) is 9.88 Å². The molecule has 100 valence electrons. The Morgan fingerprint density at radius 2 is 2.33 bits per heavy atom. The van der Waals surface area contributed by atoms with E-state index < -0.39 is 5.97 Å². The number of carboxylic acid groups (broad SMARTS) is 1. The Morgan fingerprint density at radius 3 is 2.78 bits per heavy atom. The lowest BCUT2D eigenvalue weighted by Gasteiger charge is -2.26. The summed E-state index contributed by atoms with van der Waals surface area (Å²) in [6, 6.07) is -0.705. The van der Waals surface area contributed by atoms with Crippen molar-refractivity contribution in [1.29, 1.82) is 0 Å². The summed E-state index contributed by atoms with van der Waals surface area (Å²) < 4.78 is 0.819. The van der Waals surface area contributed by atoms with Gasteiger partial charge in [-0.05, 0) is 29.8 Å². The number of nitrogens with zero attached hydrogens (tertiary/aromatic N) is 2. The van der Waals surface area contributed by atoms with Gasteiger partial charge in [0, 0.05) is 12.6 Å². The van der Waals surface area contributed by atoms with E-state index >= 15 is 0 Å². The first kappa shape index (κ1) is 14.9. The highest BCUT2D eigenvalue weighted by atomic mass is 79.9. The highest BCUT2D eigenvalue weighted by molar-refractivity contribution is 9.11. The number of rotatable bonds is 5. The third-order valence-corrected chi connectivity index (χ3v) is 3.69. The minimum atomic E-state index is -0.925. The van der Waals surface area contributed by atoms with E-state index in [0.29, 0.717) is 11.7 Å². The average Bonchev–Trinajstić information content (AvgIpc) is 2.63. The second-order valence-electron chi connectivity index (χ2n) is 3.63. The van der Waals surface area contributed by atoms with Crippen molar-refractivity contribution in [2.45, 2.75) is 26.3 Å². The maximum Gasteiger partial charge on any atom is 0.323 e. The predicted molar refractivity (Wildman–Crippen MR) is 72.9 cm³/mol. The number of hydrogen-bond acceptors (Lipinski definition) is 4. The quantitative estimate of drug-likeness (QED) is 0.866. The van der Waals surface area contributed by atoms with Crippen LogP contribution in [0.1, 0.15) is 20.3 Å². The Morgan fingerprint density at radius 1 is 1.67 bits per heavy atom. The maximum absolute atomic E-state index is 11.9. The number of urea groups is 1. The molecule has 1 aromatic rings. The lowest BCUT2D eigenvalue weighted by atomic mass is 10.2. The van der Waals surface area contributed by atoms with Gasteiger partial charge in [0.05, 0.1) is 16.4 Å². The van der Waals surface area contributed by atoms with Gasteiger partial charge in [-0.15, -0.1) is 0 Å². The Balaban J connectivity index is 2.64. The van der Waals surface area contributed by atoms with Gasteiger partial charge in [-0.25, -0.2) is 9.78 Å². The SMILES string of the molecule is CCN(C(=O)Nc1ncc(Br)s1)C(C)CC(=O)O. The van der Waals surface area contributed by atoms with E-state index in [0.717, 1.165) is 3.79 Å². The highest BCUT2D eigenvalue weighted by Crippen LogP contribution is 2.23. The van der Waals surface area contributed by atoms with Gasteiger partial charge in [0.15, 0.2) is 5.13 Å². The van der Waals surface area contributed by atoms with E-state index in [2.05, 4.69) is 26.2 Å².